The highest BCUT2D eigenvalue weighted by atomic mass is 32.2. The zero-order valence-corrected chi connectivity index (χ0v) is 19.0. The number of nitrogens with zero attached hydrogens (tertiary/aromatic N) is 4. The molecule has 8 nitrogen and oxygen atoms in total. The van der Waals surface area contributed by atoms with Crippen molar-refractivity contribution in [3.63, 3.8) is 0 Å². The fourth-order valence-electron chi connectivity index (χ4n) is 2.86. The standard InChI is InChI=1S/C20H24N6O2S2/c1-5-26-16(9-17(27)22-15-7-6-12(2)8-13(15)3)24-25-20(26)30-11-18(28)23-19-21-14(4)10-29-19/h6-8,10H,5,9,11H2,1-4H3,(H,22,27)(H,21,23,28). The van der Waals surface area contributed by atoms with Gasteiger partial charge in [0, 0.05) is 17.6 Å². The van der Waals surface area contributed by atoms with Crippen LogP contribution in [0.15, 0.2) is 28.7 Å². The van der Waals surface area contributed by atoms with Gasteiger partial charge in [-0.05, 0) is 39.3 Å². The van der Waals surface area contributed by atoms with Crippen LogP contribution in [0, 0.1) is 20.8 Å². The maximum Gasteiger partial charge on any atom is 0.236 e. The van der Waals surface area contributed by atoms with Gasteiger partial charge in [0.2, 0.25) is 11.8 Å². The highest BCUT2D eigenvalue weighted by Crippen LogP contribution is 2.20. The number of carbonyl (C=O) groups excluding carboxylic acids is 2. The van der Waals surface area contributed by atoms with Crippen molar-refractivity contribution in [3.8, 4) is 0 Å². The third-order valence-electron chi connectivity index (χ3n) is 4.28. The molecule has 2 heterocycles. The molecule has 0 fully saturated rings. The Morgan fingerprint density at radius 2 is 1.93 bits per heavy atom. The molecule has 158 valence electrons. The van der Waals surface area contributed by atoms with Gasteiger partial charge in [-0.2, -0.15) is 0 Å². The van der Waals surface area contributed by atoms with Crippen LogP contribution in [0.3, 0.4) is 0 Å². The molecule has 2 amide bonds. The number of benzene rings is 1. The quantitative estimate of drug-likeness (QED) is 0.515. The summed E-state index contributed by atoms with van der Waals surface area (Å²) in [5, 5.41) is 17.1. The number of thiazole rings is 1. The van der Waals surface area contributed by atoms with Gasteiger partial charge in [0.25, 0.3) is 0 Å². The van der Waals surface area contributed by atoms with Gasteiger partial charge in [0.05, 0.1) is 17.9 Å². The average molecular weight is 445 g/mol. The topological polar surface area (TPSA) is 102 Å². The average Bonchev–Trinajstić information content (AvgIpc) is 3.27. The van der Waals surface area contributed by atoms with E-state index in [1.807, 2.05) is 55.8 Å². The van der Waals surface area contributed by atoms with E-state index in [1.54, 1.807) is 0 Å². The summed E-state index contributed by atoms with van der Waals surface area (Å²) >= 11 is 2.67. The first kappa shape index (κ1) is 22.0. The van der Waals surface area contributed by atoms with Gasteiger partial charge >= 0.3 is 0 Å². The van der Waals surface area contributed by atoms with E-state index in [0.29, 0.717) is 22.7 Å². The number of rotatable bonds is 8. The van der Waals surface area contributed by atoms with Crippen molar-refractivity contribution in [2.75, 3.05) is 16.4 Å². The summed E-state index contributed by atoms with van der Waals surface area (Å²) in [5.41, 5.74) is 3.82. The molecule has 0 aliphatic rings. The lowest BCUT2D eigenvalue weighted by atomic mass is 10.1. The summed E-state index contributed by atoms with van der Waals surface area (Å²) in [6.07, 6.45) is 0.110. The number of anilines is 2. The third-order valence-corrected chi connectivity index (χ3v) is 6.12. The van der Waals surface area contributed by atoms with E-state index >= 15 is 0 Å². The fraction of sp³-hybridized carbons (Fsp3) is 0.350. The van der Waals surface area contributed by atoms with Crippen molar-refractivity contribution in [3.05, 3.63) is 46.2 Å². The van der Waals surface area contributed by atoms with Crippen molar-refractivity contribution in [1.82, 2.24) is 19.7 Å². The number of aromatic nitrogens is 4. The molecule has 0 spiro atoms. The normalized spacial score (nSPS) is 10.8. The molecule has 0 radical (unpaired) electrons. The van der Waals surface area contributed by atoms with E-state index < -0.39 is 0 Å². The minimum absolute atomic E-state index is 0.110. The molecule has 2 aromatic heterocycles. The summed E-state index contributed by atoms with van der Waals surface area (Å²) in [6.45, 7) is 8.42. The van der Waals surface area contributed by atoms with Crippen molar-refractivity contribution in [2.24, 2.45) is 0 Å². The summed E-state index contributed by atoms with van der Waals surface area (Å²) in [6, 6.07) is 5.89. The zero-order valence-electron chi connectivity index (χ0n) is 17.4. The van der Waals surface area contributed by atoms with Crippen LogP contribution in [-0.4, -0.2) is 37.3 Å². The summed E-state index contributed by atoms with van der Waals surface area (Å²) in [7, 11) is 0. The lowest BCUT2D eigenvalue weighted by Crippen LogP contribution is -2.18. The second kappa shape index (κ2) is 9.86. The van der Waals surface area contributed by atoms with Crippen molar-refractivity contribution >= 4 is 45.7 Å². The predicted octanol–water partition coefficient (Wildman–Crippen LogP) is 3.59. The van der Waals surface area contributed by atoms with Gasteiger partial charge in [-0.1, -0.05) is 29.5 Å². The lowest BCUT2D eigenvalue weighted by molar-refractivity contribution is -0.116. The van der Waals surface area contributed by atoms with E-state index in [0.717, 1.165) is 22.5 Å². The molecular weight excluding hydrogens is 420 g/mol. The van der Waals surface area contributed by atoms with Gasteiger partial charge < -0.3 is 15.2 Å². The smallest absolute Gasteiger partial charge is 0.236 e. The number of thioether (sulfide) groups is 1. The first-order valence-corrected chi connectivity index (χ1v) is 11.4. The Morgan fingerprint density at radius 1 is 1.13 bits per heavy atom. The van der Waals surface area contributed by atoms with Crippen LogP contribution in [-0.2, 0) is 22.6 Å². The molecule has 3 rings (SSSR count). The molecule has 3 aromatic rings. The molecular formula is C20H24N6O2S2. The zero-order chi connectivity index (χ0) is 21.7. The van der Waals surface area contributed by atoms with E-state index in [1.165, 1.54) is 23.1 Å². The number of aryl methyl sites for hydroxylation is 3. The Morgan fingerprint density at radius 3 is 2.60 bits per heavy atom. The van der Waals surface area contributed by atoms with E-state index in [4.69, 9.17) is 0 Å². The first-order valence-electron chi connectivity index (χ1n) is 9.49. The van der Waals surface area contributed by atoms with Crippen LogP contribution < -0.4 is 10.6 Å². The van der Waals surface area contributed by atoms with Crippen molar-refractivity contribution < 1.29 is 9.59 Å². The lowest BCUT2D eigenvalue weighted by Gasteiger charge is -2.10. The van der Waals surface area contributed by atoms with Crippen LogP contribution in [0.25, 0.3) is 0 Å². The van der Waals surface area contributed by atoms with Crippen molar-refractivity contribution in [2.45, 2.75) is 45.8 Å². The first-order chi connectivity index (χ1) is 14.4. The van der Waals surface area contributed by atoms with Crippen LogP contribution in [0.1, 0.15) is 29.6 Å². The Hall–Kier alpha value is -2.72. The predicted molar refractivity (Wildman–Crippen MR) is 120 cm³/mol. The van der Waals surface area contributed by atoms with Gasteiger partial charge in [-0.25, -0.2) is 4.98 Å². The van der Waals surface area contributed by atoms with Gasteiger partial charge in [0.15, 0.2) is 10.3 Å². The van der Waals surface area contributed by atoms with Crippen LogP contribution in [0.4, 0.5) is 10.8 Å². The highest BCUT2D eigenvalue weighted by Gasteiger charge is 2.17. The fourth-order valence-corrected chi connectivity index (χ4v) is 4.39. The number of amides is 2. The van der Waals surface area contributed by atoms with Crippen LogP contribution in [0.2, 0.25) is 0 Å². The Bertz CT molecular complexity index is 1060. The second-order valence-corrected chi connectivity index (χ2v) is 8.62. The molecule has 0 bridgehead atoms. The van der Waals surface area contributed by atoms with Crippen LogP contribution >= 0.6 is 23.1 Å². The van der Waals surface area contributed by atoms with Crippen LogP contribution in [0.5, 0.6) is 0 Å². The minimum Gasteiger partial charge on any atom is -0.325 e. The molecule has 1 aromatic carbocycles. The third kappa shape index (κ3) is 5.67. The summed E-state index contributed by atoms with van der Waals surface area (Å²) in [4.78, 5) is 28.9. The number of hydrogen-bond acceptors (Lipinski definition) is 7. The monoisotopic (exact) mass is 444 g/mol. The molecule has 0 unspecified atom stereocenters. The van der Waals surface area contributed by atoms with Crippen molar-refractivity contribution in [1.29, 1.82) is 0 Å². The van der Waals surface area contributed by atoms with E-state index in [-0.39, 0.29) is 24.0 Å². The molecule has 0 saturated heterocycles. The molecule has 0 aliphatic heterocycles. The van der Waals surface area contributed by atoms with Gasteiger partial charge in [0.1, 0.15) is 5.82 Å². The molecule has 0 saturated carbocycles. The van der Waals surface area contributed by atoms with Gasteiger partial charge in [-0.15, -0.1) is 21.5 Å². The highest BCUT2D eigenvalue weighted by molar-refractivity contribution is 7.99. The Kier molecular flexibility index (Phi) is 7.22. The van der Waals surface area contributed by atoms with E-state index in [9.17, 15) is 9.59 Å². The minimum atomic E-state index is -0.158. The SMILES string of the molecule is CCn1c(CC(=O)Nc2ccc(C)cc2C)nnc1SCC(=O)Nc1nc(C)cs1. The molecule has 30 heavy (non-hydrogen) atoms. The van der Waals surface area contributed by atoms with Gasteiger partial charge in [-0.3, -0.25) is 9.59 Å². The molecule has 0 aliphatic carbocycles. The second-order valence-electron chi connectivity index (χ2n) is 6.82. The molecule has 2 N–H and O–H groups in total. The van der Waals surface area contributed by atoms with E-state index in [2.05, 4.69) is 25.8 Å². The molecule has 0 atom stereocenters. The number of carbonyl (C=O) groups is 2. The summed E-state index contributed by atoms with van der Waals surface area (Å²) < 4.78 is 1.85. The number of hydrogen-bond donors (Lipinski definition) is 2. The number of nitrogens with one attached hydrogen (secondary N) is 2. The summed E-state index contributed by atoms with van der Waals surface area (Å²) in [5.74, 6) is 0.441. The maximum absolute atomic E-state index is 12.5. The Balaban J connectivity index is 1.59. The molecule has 10 heteroatoms. The maximum atomic E-state index is 12.5. The Labute approximate surface area is 183 Å². The largest absolute Gasteiger partial charge is 0.325 e.